The van der Waals surface area contributed by atoms with Crippen LogP contribution in [0.1, 0.15) is 55.7 Å². The summed E-state index contributed by atoms with van der Waals surface area (Å²) >= 11 is 0. The van der Waals surface area contributed by atoms with E-state index in [0.717, 1.165) is 18.5 Å². The van der Waals surface area contributed by atoms with Crippen molar-refractivity contribution in [3.05, 3.63) is 11.4 Å². The van der Waals surface area contributed by atoms with Gasteiger partial charge in [0.2, 0.25) is 0 Å². The van der Waals surface area contributed by atoms with Crippen LogP contribution in [0.4, 0.5) is 5.69 Å². The Hall–Kier alpha value is -1.52. The zero-order chi connectivity index (χ0) is 13.5. The first-order chi connectivity index (χ1) is 8.60. The number of hydrogen-bond donors (Lipinski definition) is 3. The Kier molecular flexibility index (Phi) is 5.68. The zero-order valence-corrected chi connectivity index (χ0v) is 11.5. The molecule has 1 atom stereocenters. The summed E-state index contributed by atoms with van der Waals surface area (Å²) in [6.45, 7) is 6.83. The number of carbonyl (C=O) groups is 1. The number of carbonyl (C=O) groups excluding carboxylic acids is 1. The van der Waals surface area contributed by atoms with E-state index < -0.39 is 0 Å². The van der Waals surface area contributed by atoms with E-state index in [1.54, 1.807) is 6.92 Å². The monoisotopic (exact) mass is 252 g/mol. The Morgan fingerprint density at radius 3 is 2.72 bits per heavy atom. The number of H-pyrrole nitrogens is 1. The molecule has 0 aliphatic carbocycles. The fourth-order valence-electron chi connectivity index (χ4n) is 1.87. The third-order valence-electron chi connectivity index (χ3n) is 3.30. The van der Waals surface area contributed by atoms with E-state index in [0.29, 0.717) is 23.8 Å². The van der Waals surface area contributed by atoms with Gasteiger partial charge in [0.05, 0.1) is 11.4 Å². The minimum Gasteiger partial charge on any atom is -0.395 e. The summed E-state index contributed by atoms with van der Waals surface area (Å²) in [4.78, 5) is 11.9. The molecule has 5 nitrogen and oxygen atoms in total. The van der Waals surface area contributed by atoms with E-state index in [1.165, 1.54) is 12.8 Å². The third kappa shape index (κ3) is 3.75. The highest BCUT2D eigenvalue weighted by molar-refractivity contribution is 5.97. The molecule has 1 rings (SSSR count). The Morgan fingerprint density at radius 1 is 1.50 bits per heavy atom. The van der Waals surface area contributed by atoms with Gasteiger partial charge in [-0.15, -0.1) is 0 Å². The summed E-state index contributed by atoms with van der Waals surface area (Å²) in [7, 11) is 0. The highest BCUT2D eigenvalue weighted by Crippen LogP contribution is 2.14. The summed E-state index contributed by atoms with van der Waals surface area (Å²) in [6, 6.07) is 0. The van der Waals surface area contributed by atoms with Crippen LogP contribution < -0.4 is 11.1 Å². The van der Waals surface area contributed by atoms with E-state index >= 15 is 0 Å². The predicted octanol–water partition coefficient (Wildman–Crippen LogP) is 2.25. The van der Waals surface area contributed by atoms with Gasteiger partial charge in [-0.1, -0.05) is 33.1 Å². The first-order valence-electron chi connectivity index (χ1n) is 6.68. The number of rotatable bonds is 7. The van der Waals surface area contributed by atoms with Crippen LogP contribution >= 0.6 is 0 Å². The topological polar surface area (TPSA) is 83.8 Å². The van der Waals surface area contributed by atoms with Crippen molar-refractivity contribution < 1.29 is 4.79 Å². The van der Waals surface area contributed by atoms with Crippen LogP contribution in [0.25, 0.3) is 0 Å². The molecule has 102 valence electrons. The van der Waals surface area contributed by atoms with Gasteiger partial charge in [-0.05, 0) is 19.3 Å². The number of anilines is 1. The highest BCUT2D eigenvalue weighted by atomic mass is 16.1. The van der Waals surface area contributed by atoms with E-state index in [9.17, 15) is 4.79 Å². The number of aromatic amines is 1. The molecule has 0 saturated heterocycles. The van der Waals surface area contributed by atoms with E-state index in [2.05, 4.69) is 29.4 Å². The lowest BCUT2D eigenvalue weighted by Crippen LogP contribution is -2.30. The maximum atomic E-state index is 11.9. The molecular formula is C13H24N4O. The molecule has 18 heavy (non-hydrogen) atoms. The smallest absolute Gasteiger partial charge is 0.273 e. The van der Waals surface area contributed by atoms with Gasteiger partial charge < -0.3 is 11.1 Å². The molecule has 0 aliphatic rings. The van der Waals surface area contributed by atoms with Crippen molar-refractivity contribution in [2.24, 2.45) is 5.92 Å². The Morgan fingerprint density at radius 2 is 2.22 bits per heavy atom. The summed E-state index contributed by atoms with van der Waals surface area (Å²) in [6.07, 6.45) is 4.63. The number of amides is 1. The molecule has 0 aliphatic heterocycles. The zero-order valence-electron chi connectivity index (χ0n) is 11.5. The van der Waals surface area contributed by atoms with Crippen LogP contribution in [0.5, 0.6) is 0 Å². The summed E-state index contributed by atoms with van der Waals surface area (Å²) in [5.41, 5.74) is 7.24. The number of aryl methyl sites for hydroxylation is 1. The normalized spacial score (nSPS) is 12.4. The second kappa shape index (κ2) is 7.03. The largest absolute Gasteiger partial charge is 0.395 e. The second-order valence-electron chi connectivity index (χ2n) is 4.74. The Balaban J connectivity index is 2.47. The fraction of sp³-hybridized carbons (Fsp3) is 0.692. The highest BCUT2D eigenvalue weighted by Gasteiger charge is 2.16. The molecule has 4 N–H and O–H groups in total. The number of nitrogens with two attached hydrogens (primary N) is 1. The van der Waals surface area contributed by atoms with E-state index in [1.807, 2.05) is 0 Å². The molecule has 0 fully saturated rings. The van der Waals surface area contributed by atoms with Crippen LogP contribution in [-0.2, 0) is 0 Å². The standard InChI is InChI=1S/C13H24N4O/c1-4-6-7-10(5-2)8-15-13(18)12-11(14)9(3)16-17-12/h10H,4-8,14H2,1-3H3,(H,15,18)(H,16,17). The number of hydrogen-bond acceptors (Lipinski definition) is 3. The molecular weight excluding hydrogens is 228 g/mol. The average molecular weight is 252 g/mol. The number of nitrogen functional groups attached to an aromatic ring is 1. The van der Waals surface area contributed by atoms with Crippen molar-refractivity contribution >= 4 is 11.6 Å². The van der Waals surface area contributed by atoms with Crippen molar-refractivity contribution in [1.82, 2.24) is 15.5 Å². The maximum Gasteiger partial charge on any atom is 0.273 e. The Labute approximate surface area is 109 Å². The fourth-order valence-corrected chi connectivity index (χ4v) is 1.87. The van der Waals surface area contributed by atoms with Gasteiger partial charge in [0.1, 0.15) is 0 Å². The molecule has 1 unspecified atom stereocenters. The molecule has 0 radical (unpaired) electrons. The van der Waals surface area contributed by atoms with Crippen molar-refractivity contribution in [1.29, 1.82) is 0 Å². The minimum atomic E-state index is -0.188. The molecule has 1 aromatic heterocycles. The van der Waals surface area contributed by atoms with Gasteiger partial charge in [0, 0.05) is 6.54 Å². The molecule has 1 heterocycles. The molecule has 0 spiro atoms. The number of unbranched alkanes of at least 4 members (excludes halogenated alkanes) is 1. The first kappa shape index (κ1) is 14.5. The summed E-state index contributed by atoms with van der Waals surface area (Å²) in [5.74, 6) is 0.349. The minimum absolute atomic E-state index is 0.188. The van der Waals surface area contributed by atoms with E-state index in [4.69, 9.17) is 5.73 Å². The quantitative estimate of drug-likeness (QED) is 0.696. The number of nitrogens with zero attached hydrogens (tertiary/aromatic N) is 1. The van der Waals surface area contributed by atoms with Gasteiger partial charge in [0.25, 0.3) is 5.91 Å². The van der Waals surface area contributed by atoms with Crippen LogP contribution in [0.2, 0.25) is 0 Å². The van der Waals surface area contributed by atoms with Crippen LogP contribution in [0.15, 0.2) is 0 Å². The predicted molar refractivity (Wildman–Crippen MR) is 73.4 cm³/mol. The molecule has 5 heteroatoms. The Bertz CT molecular complexity index is 386. The van der Waals surface area contributed by atoms with Gasteiger partial charge in [-0.3, -0.25) is 9.89 Å². The van der Waals surface area contributed by atoms with Crippen LogP contribution in [0.3, 0.4) is 0 Å². The molecule has 0 aromatic carbocycles. The van der Waals surface area contributed by atoms with Crippen molar-refractivity contribution in [3.63, 3.8) is 0 Å². The first-order valence-corrected chi connectivity index (χ1v) is 6.68. The average Bonchev–Trinajstić information content (AvgIpc) is 2.70. The van der Waals surface area contributed by atoms with Gasteiger partial charge in [-0.2, -0.15) is 5.10 Å². The third-order valence-corrected chi connectivity index (χ3v) is 3.30. The van der Waals surface area contributed by atoms with Gasteiger partial charge >= 0.3 is 0 Å². The van der Waals surface area contributed by atoms with Crippen LogP contribution in [0, 0.1) is 12.8 Å². The maximum absolute atomic E-state index is 11.9. The lowest BCUT2D eigenvalue weighted by atomic mass is 9.99. The lowest BCUT2D eigenvalue weighted by Gasteiger charge is -2.14. The van der Waals surface area contributed by atoms with Crippen molar-refractivity contribution in [2.45, 2.75) is 46.5 Å². The summed E-state index contributed by atoms with van der Waals surface area (Å²) in [5, 5.41) is 9.55. The number of aromatic nitrogens is 2. The number of nitrogens with one attached hydrogen (secondary N) is 2. The lowest BCUT2D eigenvalue weighted by molar-refractivity contribution is 0.0941. The molecule has 1 aromatic rings. The second-order valence-corrected chi connectivity index (χ2v) is 4.74. The van der Waals surface area contributed by atoms with Crippen molar-refractivity contribution in [3.8, 4) is 0 Å². The molecule has 0 saturated carbocycles. The van der Waals surface area contributed by atoms with Gasteiger partial charge in [0.15, 0.2) is 5.69 Å². The SMILES string of the molecule is CCCCC(CC)CNC(=O)c1n[nH]c(C)c1N. The van der Waals surface area contributed by atoms with Crippen LogP contribution in [-0.4, -0.2) is 22.6 Å². The van der Waals surface area contributed by atoms with E-state index in [-0.39, 0.29) is 5.91 Å². The molecule has 1 amide bonds. The van der Waals surface area contributed by atoms with Crippen molar-refractivity contribution in [2.75, 3.05) is 12.3 Å². The van der Waals surface area contributed by atoms with Gasteiger partial charge in [-0.25, -0.2) is 0 Å². The molecule has 0 bridgehead atoms. The summed E-state index contributed by atoms with van der Waals surface area (Å²) < 4.78 is 0.